The number of hydrazine groups is 1. The predicted molar refractivity (Wildman–Crippen MR) is 257 cm³/mol. The van der Waals surface area contributed by atoms with Crippen molar-refractivity contribution in [3.63, 3.8) is 0 Å². The SMILES string of the molecule is COc1cccc(C(F)(F)F)c1CN1C(=O)CCC1C(=O)N(C(Cc1ccccc1)C(=O)C(=O)NC1CC1)N(C(=O)[C@H]1CCC(=O)N1Cc1c(OC)cccc1C(F)(F)F)C(Cc1ccccc1)C(=O)C(=O)NC1CC1. The quantitative estimate of drug-likeness (QED) is 0.0611. The van der Waals surface area contributed by atoms with E-state index in [0.717, 1.165) is 48.3 Å². The first-order valence-corrected chi connectivity index (χ1v) is 24.7. The Morgan fingerprint density at radius 3 is 1.21 bits per heavy atom. The molecule has 16 nitrogen and oxygen atoms in total. The van der Waals surface area contributed by atoms with Gasteiger partial charge in [0.2, 0.25) is 23.4 Å². The van der Waals surface area contributed by atoms with Gasteiger partial charge in [0.15, 0.2) is 0 Å². The van der Waals surface area contributed by atoms with Crippen molar-refractivity contribution in [2.24, 2.45) is 0 Å². The molecule has 2 aliphatic heterocycles. The van der Waals surface area contributed by atoms with Crippen molar-refractivity contribution < 1.29 is 74.2 Å². The number of methoxy groups -OCH3 is 2. The van der Waals surface area contributed by atoms with Gasteiger partial charge in [-0.3, -0.25) is 38.4 Å². The first kappa shape index (κ1) is 54.5. The fraction of sp³-hybridized carbons (Fsp3) is 0.407. The van der Waals surface area contributed by atoms with Crippen LogP contribution in [0.2, 0.25) is 0 Å². The first-order chi connectivity index (χ1) is 36.2. The minimum absolute atomic E-state index is 0.277. The monoisotopic (exact) mass is 1060 g/mol. The van der Waals surface area contributed by atoms with Crippen LogP contribution < -0.4 is 20.1 Å². The minimum Gasteiger partial charge on any atom is -0.496 e. The van der Waals surface area contributed by atoms with E-state index in [-0.39, 0.29) is 22.6 Å². The van der Waals surface area contributed by atoms with Crippen LogP contribution in [0.25, 0.3) is 0 Å². The third kappa shape index (κ3) is 12.2. The Labute approximate surface area is 432 Å². The molecule has 0 spiro atoms. The zero-order valence-electron chi connectivity index (χ0n) is 41.3. The number of carbonyl (C=O) groups excluding carboxylic acids is 8. The zero-order chi connectivity index (χ0) is 54.6. The second-order valence-electron chi connectivity index (χ2n) is 19.1. The number of ketones is 2. The van der Waals surface area contributed by atoms with Gasteiger partial charge in [-0.15, -0.1) is 0 Å². The Morgan fingerprint density at radius 2 is 0.895 bits per heavy atom. The van der Waals surface area contributed by atoms with E-state index >= 15 is 19.2 Å². The molecule has 3 unspecified atom stereocenters. The van der Waals surface area contributed by atoms with Gasteiger partial charge in [-0.05, 0) is 73.9 Å². The standard InChI is InChI=1S/C54H54F6N6O10/c1-75-43-17-9-15-37(53(55,56)57)35(43)29-63-39(23-25-45(63)67)51(73)65(41(27-31-11-5-3-6-12-31)47(69)49(71)61-33-19-20-33)66(42(28-32-13-7-4-8-14-32)48(70)50(72)62-34-21-22-34)52(74)40-24-26-46(68)64(40)30-36-38(54(58,59)60)16-10-18-44(36)76-2/h3-18,33-34,39-42H,19-30H2,1-2H3,(H,61,71)(H,62,72)/t39-,40?,41?,42?/m1/s1. The average molecular weight is 1060 g/mol. The number of hydrogen-bond acceptors (Lipinski definition) is 10. The van der Waals surface area contributed by atoms with Crippen molar-refractivity contribution in [3.05, 3.63) is 130 Å². The number of amides is 6. The lowest BCUT2D eigenvalue weighted by atomic mass is 9.97. The Kier molecular flexibility index (Phi) is 16.2. The molecule has 22 heteroatoms. The van der Waals surface area contributed by atoms with E-state index < -0.39 is 169 Å². The van der Waals surface area contributed by atoms with Crippen LogP contribution >= 0.6 is 0 Å². The van der Waals surface area contributed by atoms with Gasteiger partial charge in [0.1, 0.15) is 35.7 Å². The molecule has 2 saturated carbocycles. The summed E-state index contributed by atoms with van der Waals surface area (Å²) in [6.07, 6.45) is -11.1. The lowest BCUT2D eigenvalue weighted by Gasteiger charge is -2.46. The highest BCUT2D eigenvalue weighted by atomic mass is 19.4. The largest absolute Gasteiger partial charge is 0.496 e. The molecule has 402 valence electrons. The maximum atomic E-state index is 16.3. The van der Waals surface area contributed by atoms with Crippen LogP contribution in [-0.4, -0.2) is 117 Å². The molecule has 2 N–H and O–H groups in total. The average Bonchev–Trinajstić information content (AvgIpc) is 4.34. The molecule has 0 bridgehead atoms. The second kappa shape index (κ2) is 22.6. The molecule has 0 radical (unpaired) electrons. The predicted octanol–water partition coefficient (Wildman–Crippen LogP) is 5.91. The minimum atomic E-state index is -5.01. The number of nitrogens with one attached hydrogen (secondary N) is 2. The Hall–Kier alpha value is -7.78. The molecule has 6 amide bonds. The molecule has 4 aliphatic rings. The summed E-state index contributed by atoms with van der Waals surface area (Å²) in [5.74, 6) is -10.2. The van der Waals surface area contributed by atoms with Crippen molar-refractivity contribution in [2.45, 2.75) is 126 Å². The number of halogens is 6. The van der Waals surface area contributed by atoms with Gasteiger partial charge in [0, 0.05) is 48.9 Å². The number of benzene rings is 4. The summed E-state index contributed by atoms with van der Waals surface area (Å²) in [6.45, 7) is -1.84. The molecule has 2 heterocycles. The van der Waals surface area contributed by atoms with E-state index in [4.69, 9.17) is 9.47 Å². The van der Waals surface area contributed by atoms with Crippen LogP contribution in [0.5, 0.6) is 11.5 Å². The van der Waals surface area contributed by atoms with Crippen LogP contribution in [0.4, 0.5) is 26.3 Å². The highest BCUT2D eigenvalue weighted by Gasteiger charge is 2.53. The Morgan fingerprint density at radius 1 is 0.539 bits per heavy atom. The summed E-state index contributed by atoms with van der Waals surface area (Å²) in [4.78, 5) is 121. The van der Waals surface area contributed by atoms with Crippen molar-refractivity contribution in [1.82, 2.24) is 30.5 Å². The van der Waals surface area contributed by atoms with Crippen LogP contribution in [0.1, 0.15) is 84.7 Å². The van der Waals surface area contributed by atoms with Gasteiger partial charge in [0.05, 0.1) is 38.4 Å². The molecule has 4 aromatic carbocycles. The molecule has 4 fully saturated rings. The summed E-state index contributed by atoms with van der Waals surface area (Å²) in [7, 11) is 2.20. The fourth-order valence-electron chi connectivity index (χ4n) is 9.74. The molecule has 2 saturated heterocycles. The molecular formula is C54H54F6N6O10. The summed E-state index contributed by atoms with van der Waals surface area (Å²) in [6, 6.07) is 12.8. The first-order valence-electron chi connectivity index (χ1n) is 24.7. The Bertz CT molecular complexity index is 2690. The molecule has 8 rings (SSSR count). The van der Waals surface area contributed by atoms with Crippen LogP contribution in [-0.2, 0) is 76.6 Å². The topological polar surface area (TPSA) is 192 Å². The van der Waals surface area contributed by atoms with Crippen molar-refractivity contribution in [1.29, 1.82) is 0 Å². The third-order valence-electron chi connectivity index (χ3n) is 13.9. The number of Topliss-reactive ketones (excluding diaryl/α,β-unsaturated/α-hetero) is 2. The van der Waals surface area contributed by atoms with Gasteiger partial charge >= 0.3 is 12.4 Å². The Balaban J connectivity index is 1.36. The molecule has 76 heavy (non-hydrogen) atoms. The smallest absolute Gasteiger partial charge is 0.416 e. The van der Waals surface area contributed by atoms with Crippen LogP contribution in [0, 0.1) is 0 Å². The molecule has 4 atom stereocenters. The molecule has 2 aliphatic carbocycles. The van der Waals surface area contributed by atoms with Crippen molar-refractivity contribution in [3.8, 4) is 11.5 Å². The normalized spacial score (nSPS) is 18.4. The van der Waals surface area contributed by atoms with Crippen molar-refractivity contribution in [2.75, 3.05) is 14.2 Å². The maximum Gasteiger partial charge on any atom is 0.416 e. The summed E-state index contributed by atoms with van der Waals surface area (Å²) in [5, 5.41) is 6.23. The van der Waals surface area contributed by atoms with Gasteiger partial charge < -0.3 is 29.9 Å². The number of carbonyl (C=O) groups is 8. The fourth-order valence-corrected chi connectivity index (χ4v) is 9.74. The van der Waals surface area contributed by atoms with E-state index in [2.05, 4.69) is 10.6 Å². The van der Waals surface area contributed by atoms with Gasteiger partial charge in [-0.2, -0.15) is 26.3 Å². The number of likely N-dealkylation sites (tertiary alicyclic amines) is 2. The van der Waals surface area contributed by atoms with E-state index in [1.165, 1.54) is 36.4 Å². The molecule has 4 aromatic rings. The van der Waals surface area contributed by atoms with Crippen molar-refractivity contribution >= 4 is 47.0 Å². The molecular weight excluding hydrogens is 1010 g/mol. The highest BCUT2D eigenvalue weighted by molar-refractivity contribution is 6.39. The van der Waals surface area contributed by atoms with Gasteiger partial charge in [-0.1, -0.05) is 72.8 Å². The number of nitrogens with zero attached hydrogens (tertiary/aromatic N) is 4. The summed E-state index contributed by atoms with van der Waals surface area (Å²) >= 11 is 0. The van der Waals surface area contributed by atoms with Crippen LogP contribution in [0.3, 0.4) is 0 Å². The third-order valence-corrected chi connectivity index (χ3v) is 13.9. The van der Waals surface area contributed by atoms with E-state index in [1.807, 2.05) is 0 Å². The number of hydrogen-bond donors (Lipinski definition) is 2. The lowest BCUT2D eigenvalue weighted by molar-refractivity contribution is -0.186. The van der Waals surface area contributed by atoms with Gasteiger partial charge in [0.25, 0.3) is 23.6 Å². The number of ether oxygens (including phenoxy) is 2. The molecule has 0 aromatic heterocycles. The second-order valence-corrected chi connectivity index (χ2v) is 19.1. The van der Waals surface area contributed by atoms with E-state index in [0.29, 0.717) is 35.7 Å². The zero-order valence-corrected chi connectivity index (χ0v) is 41.3. The van der Waals surface area contributed by atoms with Gasteiger partial charge in [-0.25, -0.2) is 10.0 Å². The van der Waals surface area contributed by atoms with Crippen LogP contribution in [0.15, 0.2) is 97.1 Å². The lowest BCUT2D eigenvalue weighted by Crippen LogP contribution is -2.69. The number of rotatable bonds is 20. The number of alkyl halides is 6. The maximum absolute atomic E-state index is 16.3. The van der Waals surface area contributed by atoms with E-state index in [1.54, 1.807) is 36.4 Å². The highest BCUT2D eigenvalue weighted by Crippen LogP contribution is 2.41. The van der Waals surface area contributed by atoms with E-state index in [9.17, 15) is 45.5 Å². The summed E-state index contributed by atoms with van der Waals surface area (Å²) in [5.41, 5.74) is -3.00. The summed E-state index contributed by atoms with van der Waals surface area (Å²) < 4.78 is 99.0.